The summed E-state index contributed by atoms with van der Waals surface area (Å²) >= 11 is 6.67. The van der Waals surface area contributed by atoms with Gasteiger partial charge in [-0.2, -0.15) is 4.37 Å². The Kier molecular flexibility index (Phi) is 2.83. The van der Waals surface area contributed by atoms with Gasteiger partial charge < -0.3 is 4.74 Å². The fourth-order valence-corrected chi connectivity index (χ4v) is 1.67. The molecule has 0 aliphatic carbocycles. The molecular weight excluding hydrogens is 239 g/mol. The van der Waals surface area contributed by atoms with Crippen molar-refractivity contribution in [1.82, 2.24) is 8.75 Å². The van der Waals surface area contributed by atoms with Crippen LogP contribution in [0, 0.1) is 12.7 Å². The summed E-state index contributed by atoms with van der Waals surface area (Å²) in [7, 11) is 0. The van der Waals surface area contributed by atoms with E-state index in [1.165, 1.54) is 18.2 Å². The molecule has 0 aliphatic rings. The van der Waals surface area contributed by atoms with E-state index in [2.05, 4.69) is 8.75 Å². The monoisotopic (exact) mass is 244 g/mol. The first-order valence-corrected chi connectivity index (χ1v) is 5.19. The Morgan fingerprint density at radius 2 is 2.20 bits per heavy atom. The van der Waals surface area contributed by atoms with Gasteiger partial charge >= 0.3 is 0 Å². The van der Waals surface area contributed by atoms with Crippen molar-refractivity contribution in [2.24, 2.45) is 0 Å². The van der Waals surface area contributed by atoms with Crippen LogP contribution in [-0.4, -0.2) is 8.75 Å². The molecular formula is C9H6ClFN2OS. The number of halogens is 2. The highest BCUT2D eigenvalue weighted by Gasteiger charge is 2.09. The van der Waals surface area contributed by atoms with Gasteiger partial charge in [0.2, 0.25) is 5.15 Å². The van der Waals surface area contributed by atoms with Crippen LogP contribution in [0.5, 0.6) is 11.6 Å². The van der Waals surface area contributed by atoms with Crippen molar-refractivity contribution in [3.63, 3.8) is 0 Å². The average Bonchev–Trinajstić information content (AvgIpc) is 2.57. The molecule has 6 heteroatoms. The normalized spacial score (nSPS) is 10.3. The number of hydrogen-bond acceptors (Lipinski definition) is 4. The van der Waals surface area contributed by atoms with Crippen molar-refractivity contribution in [2.45, 2.75) is 6.92 Å². The lowest BCUT2D eigenvalue weighted by atomic mass is 10.2. The molecule has 3 nitrogen and oxygen atoms in total. The van der Waals surface area contributed by atoms with Crippen molar-refractivity contribution in [3.05, 3.63) is 34.7 Å². The van der Waals surface area contributed by atoms with Gasteiger partial charge in [-0.05, 0) is 30.7 Å². The Morgan fingerprint density at radius 1 is 1.40 bits per heavy atom. The molecule has 0 fully saturated rings. The van der Waals surface area contributed by atoms with E-state index in [1.807, 2.05) is 0 Å². The molecule has 0 aliphatic heterocycles. The van der Waals surface area contributed by atoms with Crippen LogP contribution in [0.3, 0.4) is 0 Å². The molecule has 0 bridgehead atoms. The molecule has 2 aromatic rings. The van der Waals surface area contributed by atoms with Gasteiger partial charge in [-0.15, -0.1) is 4.37 Å². The Hall–Kier alpha value is -1.20. The van der Waals surface area contributed by atoms with E-state index in [1.54, 1.807) is 6.92 Å². The number of aromatic nitrogens is 2. The van der Waals surface area contributed by atoms with Gasteiger partial charge in [0.1, 0.15) is 11.6 Å². The molecule has 0 amide bonds. The summed E-state index contributed by atoms with van der Waals surface area (Å²) in [5.41, 5.74) is 0.680. The van der Waals surface area contributed by atoms with E-state index in [0.717, 1.165) is 11.7 Å². The van der Waals surface area contributed by atoms with Crippen LogP contribution < -0.4 is 4.74 Å². The van der Waals surface area contributed by atoms with Crippen molar-refractivity contribution in [1.29, 1.82) is 0 Å². The van der Waals surface area contributed by atoms with Crippen LogP contribution in [0.2, 0.25) is 5.15 Å². The van der Waals surface area contributed by atoms with Crippen LogP contribution in [0.4, 0.5) is 4.39 Å². The lowest BCUT2D eigenvalue weighted by Crippen LogP contribution is -1.89. The van der Waals surface area contributed by atoms with E-state index < -0.39 is 0 Å². The molecule has 0 unspecified atom stereocenters. The van der Waals surface area contributed by atoms with Gasteiger partial charge in [-0.25, -0.2) is 4.39 Å². The van der Waals surface area contributed by atoms with E-state index in [-0.39, 0.29) is 16.9 Å². The van der Waals surface area contributed by atoms with Crippen LogP contribution >= 0.6 is 23.3 Å². The first-order chi connectivity index (χ1) is 7.16. The average molecular weight is 245 g/mol. The minimum atomic E-state index is -0.303. The first-order valence-electron chi connectivity index (χ1n) is 4.09. The van der Waals surface area contributed by atoms with E-state index in [0.29, 0.717) is 11.3 Å². The molecule has 0 N–H and O–H groups in total. The zero-order chi connectivity index (χ0) is 10.8. The Labute approximate surface area is 94.8 Å². The minimum absolute atomic E-state index is 0.212. The zero-order valence-electron chi connectivity index (χ0n) is 7.70. The maximum atomic E-state index is 12.8. The number of hydrogen-bond donors (Lipinski definition) is 0. The molecule has 1 aromatic heterocycles. The number of nitrogens with zero attached hydrogens (tertiary/aromatic N) is 2. The van der Waals surface area contributed by atoms with Crippen molar-refractivity contribution in [2.75, 3.05) is 0 Å². The highest BCUT2D eigenvalue weighted by Crippen LogP contribution is 2.29. The Morgan fingerprint density at radius 3 is 2.80 bits per heavy atom. The molecule has 0 atom stereocenters. The molecule has 2 rings (SSSR count). The summed E-state index contributed by atoms with van der Waals surface area (Å²) < 4.78 is 25.8. The molecule has 0 spiro atoms. The lowest BCUT2D eigenvalue weighted by molar-refractivity contribution is 0.462. The summed E-state index contributed by atoms with van der Waals surface area (Å²) in [6, 6.07) is 4.22. The van der Waals surface area contributed by atoms with Gasteiger partial charge in [0.15, 0.2) is 0 Å². The fourth-order valence-electron chi connectivity index (χ4n) is 1.06. The molecule has 78 valence electrons. The smallest absolute Gasteiger partial charge is 0.270 e. The summed E-state index contributed by atoms with van der Waals surface area (Å²) in [5.74, 6) is 0.463. The third-order valence-corrected chi connectivity index (χ3v) is 2.62. The second-order valence-corrected chi connectivity index (χ2v) is 3.76. The number of ether oxygens (including phenoxy) is 1. The third-order valence-electron chi connectivity index (χ3n) is 1.76. The summed E-state index contributed by atoms with van der Waals surface area (Å²) in [5, 5.41) is 0.212. The molecule has 0 saturated carbocycles. The summed E-state index contributed by atoms with van der Waals surface area (Å²) in [4.78, 5) is 0. The maximum absolute atomic E-state index is 12.8. The second kappa shape index (κ2) is 4.12. The largest absolute Gasteiger partial charge is 0.435 e. The topological polar surface area (TPSA) is 35.0 Å². The molecule has 15 heavy (non-hydrogen) atoms. The highest BCUT2D eigenvalue weighted by atomic mass is 35.5. The predicted octanol–water partition coefficient (Wildman–Crippen LogP) is 3.43. The molecule has 1 heterocycles. The van der Waals surface area contributed by atoms with Gasteiger partial charge in [-0.1, -0.05) is 11.6 Å². The SMILES string of the molecule is Cc1cc(F)ccc1Oc1nsnc1Cl. The number of benzene rings is 1. The van der Waals surface area contributed by atoms with Crippen molar-refractivity contribution >= 4 is 23.3 Å². The van der Waals surface area contributed by atoms with Gasteiger partial charge in [0.25, 0.3) is 5.88 Å². The highest BCUT2D eigenvalue weighted by molar-refractivity contribution is 6.99. The molecule has 0 saturated heterocycles. The van der Waals surface area contributed by atoms with Crippen LogP contribution in [0.1, 0.15) is 5.56 Å². The van der Waals surface area contributed by atoms with E-state index in [4.69, 9.17) is 16.3 Å². The first kappa shape index (κ1) is 10.3. The second-order valence-electron chi connectivity index (χ2n) is 2.87. The standard InChI is InChI=1S/C9H6ClFN2OS/c1-5-4-6(11)2-3-7(5)14-9-8(10)12-15-13-9/h2-4H,1H3. The Balaban J connectivity index is 2.29. The summed E-state index contributed by atoms with van der Waals surface area (Å²) in [6.45, 7) is 1.74. The lowest BCUT2D eigenvalue weighted by Gasteiger charge is -2.05. The van der Waals surface area contributed by atoms with Crippen LogP contribution in [0.15, 0.2) is 18.2 Å². The zero-order valence-corrected chi connectivity index (χ0v) is 9.27. The van der Waals surface area contributed by atoms with Crippen LogP contribution in [-0.2, 0) is 0 Å². The Bertz CT molecular complexity index is 489. The number of aryl methyl sites for hydroxylation is 1. The van der Waals surface area contributed by atoms with Gasteiger partial charge in [0, 0.05) is 0 Å². The van der Waals surface area contributed by atoms with Gasteiger partial charge in [0.05, 0.1) is 11.7 Å². The van der Waals surface area contributed by atoms with E-state index >= 15 is 0 Å². The molecule has 0 radical (unpaired) electrons. The van der Waals surface area contributed by atoms with Gasteiger partial charge in [-0.3, -0.25) is 0 Å². The number of rotatable bonds is 2. The fraction of sp³-hybridized carbons (Fsp3) is 0.111. The maximum Gasteiger partial charge on any atom is 0.270 e. The predicted molar refractivity (Wildman–Crippen MR) is 56.1 cm³/mol. The summed E-state index contributed by atoms with van der Waals surface area (Å²) in [6.07, 6.45) is 0. The van der Waals surface area contributed by atoms with Crippen molar-refractivity contribution in [3.8, 4) is 11.6 Å². The van der Waals surface area contributed by atoms with Crippen LogP contribution in [0.25, 0.3) is 0 Å². The van der Waals surface area contributed by atoms with E-state index in [9.17, 15) is 4.39 Å². The molecule has 1 aromatic carbocycles. The third kappa shape index (κ3) is 2.24. The van der Waals surface area contributed by atoms with Crippen molar-refractivity contribution < 1.29 is 9.13 Å². The quantitative estimate of drug-likeness (QED) is 0.812. The minimum Gasteiger partial charge on any atom is -0.435 e.